The molecular formula is C14H16N4O. The molecule has 0 bridgehead atoms. The lowest BCUT2D eigenvalue weighted by atomic mass is 10.1. The molecule has 5 nitrogen and oxygen atoms in total. The summed E-state index contributed by atoms with van der Waals surface area (Å²) in [6.07, 6.45) is 1.56. The van der Waals surface area contributed by atoms with Crippen LogP contribution in [0.2, 0.25) is 0 Å². The van der Waals surface area contributed by atoms with Gasteiger partial charge in [0.05, 0.1) is 7.11 Å². The van der Waals surface area contributed by atoms with E-state index in [1.54, 1.807) is 13.4 Å². The SMILES string of the molecule is CNc1ncnc(N2Cc3ccccc3C2)c1OC. The highest BCUT2D eigenvalue weighted by Crippen LogP contribution is 2.36. The highest BCUT2D eigenvalue weighted by atomic mass is 16.5. The topological polar surface area (TPSA) is 50.3 Å². The van der Waals surface area contributed by atoms with Gasteiger partial charge >= 0.3 is 0 Å². The van der Waals surface area contributed by atoms with Crippen molar-refractivity contribution in [2.75, 3.05) is 24.4 Å². The molecule has 0 unspecified atom stereocenters. The first-order chi connectivity index (χ1) is 9.33. The summed E-state index contributed by atoms with van der Waals surface area (Å²) in [5.74, 6) is 2.24. The lowest BCUT2D eigenvalue weighted by molar-refractivity contribution is 0.412. The lowest BCUT2D eigenvalue weighted by Gasteiger charge is -2.20. The fourth-order valence-electron chi connectivity index (χ4n) is 2.44. The molecular weight excluding hydrogens is 240 g/mol. The summed E-state index contributed by atoms with van der Waals surface area (Å²) < 4.78 is 5.45. The zero-order valence-electron chi connectivity index (χ0n) is 11.1. The van der Waals surface area contributed by atoms with Gasteiger partial charge in [0.1, 0.15) is 6.33 Å². The first-order valence-corrected chi connectivity index (χ1v) is 6.22. The van der Waals surface area contributed by atoms with Gasteiger partial charge in [-0.05, 0) is 11.1 Å². The van der Waals surface area contributed by atoms with Crippen LogP contribution in [0.25, 0.3) is 0 Å². The Morgan fingerprint density at radius 1 is 1.16 bits per heavy atom. The number of fused-ring (bicyclic) bond motifs is 1. The third-order valence-electron chi connectivity index (χ3n) is 3.37. The zero-order chi connectivity index (χ0) is 13.2. The summed E-state index contributed by atoms with van der Waals surface area (Å²) in [6.45, 7) is 1.71. The van der Waals surface area contributed by atoms with Crippen LogP contribution in [0.5, 0.6) is 5.75 Å². The molecule has 19 heavy (non-hydrogen) atoms. The number of nitrogens with one attached hydrogen (secondary N) is 1. The predicted molar refractivity (Wildman–Crippen MR) is 74.5 cm³/mol. The van der Waals surface area contributed by atoms with Crippen molar-refractivity contribution in [3.63, 3.8) is 0 Å². The molecule has 0 saturated carbocycles. The van der Waals surface area contributed by atoms with E-state index in [9.17, 15) is 0 Å². The van der Waals surface area contributed by atoms with Gasteiger partial charge in [-0.25, -0.2) is 9.97 Å². The van der Waals surface area contributed by atoms with E-state index in [1.807, 2.05) is 7.05 Å². The molecule has 2 aromatic rings. The average Bonchev–Trinajstić information content (AvgIpc) is 2.89. The van der Waals surface area contributed by atoms with Crippen molar-refractivity contribution < 1.29 is 4.74 Å². The molecule has 1 N–H and O–H groups in total. The summed E-state index contributed by atoms with van der Waals surface area (Å²) in [5, 5.41) is 3.03. The first kappa shape index (κ1) is 11.8. The van der Waals surface area contributed by atoms with Gasteiger partial charge in [0.2, 0.25) is 5.75 Å². The van der Waals surface area contributed by atoms with Crippen LogP contribution in [0, 0.1) is 0 Å². The summed E-state index contributed by atoms with van der Waals surface area (Å²) >= 11 is 0. The molecule has 1 aromatic heterocycles. The predicted octanol–water partition coefficient (Wildman–Crippen LogP) is 2.05. The van der Waals surface area contributed by atoms with E-state index in [4.69, 9.17) is 4.74 Å². The highest BCUT2D eigenvalue weighted by Gasteiger charge is 2.24. The summed E-state index contributed by atoms with van der Waals surface area (Å²) in [7, 11) is 3.47. The van der Waals surface area contributed by atoms with Crippen LogP contribution in [0.15, 0.2) is 30.6 Å². The molecule has 0 aliphatic carbocycles. The Morgan fingerprint density at radius 3 is 2.42 bits per heavy atom. The maximum Gasteiger partial charge on any atom is 0.204 e. The van der Waals surface area contributed by atoms with Crippen molar-refractivity contribution >= 4 is 11.6 Å². The van der Waals surface area contributed by atoms with Crippen LogP contribution in [0.4, 0.5) is 11.6 Å². The Morgan fingerprint density at radius 2 is 1.84 bits per heavy atom. The Bertz CT molecular complexity index is 575. The second-order valence-corrected chi connectivity index (χ2v) is 4.45. The molecule has 0 radical (unpaired) electrons. The molecule has 2 heterocycles. The largest absolute Gasteiger partial charge is 0.490 e. The third kappa shape index (κ3) is 1.97. The van der Waals surface area contributed by atoms with Crippen LogP contribution in [0.1, 0.15) is 11.1 Å². The van der Waals surface area contributed by atoms with Crippen LogP contribution < -0.4 is 15.0 Å². The van der Waals surface area contributed by atoms with E-state index in [-0.39, 0.29) is 0 Å². The van der Waals surface area contributed by atoms with Gasteiger partial charge in [-0.2, -0.15) is 0 Å². The molecule has 5 heteroatoms. The second kappa shape index (κ2) is 4.76. The standard InChI is InChI=1S/C14H16N4O/c1-15-13-12(19-2)14(17-9-16-13)18-7-10-5-3-4-6-11(10)8-18/h3-6,9H,7-8H2,1-2H3,(H,15,16,17). The van der Waals surface area contributed by atoms with Crippen LogP contribution >= 0.6 is 0 Å². The van der Waals surface area contributed by atoms with E-state index in [0.717, 1.165) is 18.9 Å². The third-order valence-corrected chi connectivity index (χ3v) is 3.37. The van der Waals surface area contributed by atoms with Crippen molar-refractivity contribution in [2.24, 2.45) is 0 Å². The Balaban J connectivity index is 1.97. The molecule has 0 spiro atoms. The fraction of sp³-hybridized carbons (Fsp3) is 0.286. The van der Waals surface area contributed by atoms with Gasteiger partial charge in [-0.3, -0.25) is 0 Å². The minimum Gasteiger partial charge on any atom is -0.490 e. The van der Waals surface area contributed by atoms with Crippen molar-refractivity contribution in [3.05, 3.63) is 41.7 Å². The zero-order valence-corrected chi connectivity index (χ0v) is 11.1. The summed E-state index contributed by atoms with van der Waals surface area (Å²) in [6, 6.07) is 8.45. The maximum absolute atomic E-state index is 5.45. The second-order valence-electron chi connectivity index (χ2n) is 4.45. The number of nitrogens with zero attached hydrogens (tertiary/aromatic N) is 3. The molecule has 1 aliphatic rings. The average molecular weight is 256 g/mol. The number of hydrogen-bond donors (Lipinski definition) is 1. The normalized spacial score (nSPS) is 13.3. The van der Waals surface area contributed by atoms with Crippen molar-refractivity contribution in [1.82, 2.24) is 9.97 Å². The minimum atomic E-state index is 0.692. The monoisotopic (exact) mass is 256 g/mol. The highest BCUT2D eigenvalue weighted by molar-refractivity contribution is 5.65. The Hall–Kier alpha value is -2.30. The summed E-state index contributed by atoms with van der Waals surface area (Å²) in [4.78, 5) is 10.7. The van der Waals surface area contributed by atoms with Crippen molar-refractivity contribution in [3.8, 4) is 5.75 Å². The van der Waals surface area contributed by atoms with Crippen LogP contribution in [-0.2, 0) is 13.1 Å². The first-order valence-electron chi connectivity index (χ1n) is 6.22. The number of methoxy groups -OCH3 is 1. The quantitative estimate of drug-likeness (QED) is 0.910. The Kier molecular flexibility index (Phi) is 2.95. The molecule has 0 fully saturated rings. The van der Waals surface area contributed by atoms with Crippen LogP contribution in [0.3, 0.4) is 0 Å². The van der Waals surface area contributed by atoms with Crippen LogP contribution in [-0.4, -0.2) is 24.1 Å². The molecule has 0 saturated heterocycles. The molecule has 1 aromatic carbocycles. The lowest BCUT2D eigenvalue weighted by Crippen LogP contribution is -2.18. The number of hydrogen-bond acceptors (Lipinski definition) is 5. The molecule has 3 rings (SSSR count). The van der Waals surface area contributed by atoms with E-state index in [0.29, 0.717) is 11.6 Å². The van der Waals surface area contributed by atoms with E-state index in [2.05, 4.69) is 44.5 Å². The Labute approximate surface area is 112 Å². The number of anilines is 2. The van der Waals surface area contributed by atoms with Gasteiger partial charge < -0.3 is 15.0 Å². The van der Waals surface area contributed by atoms with Gasteiger partial charge in [-0.15, -0.1) is 0 Å². The number of ether oxygens (including phenoxy) is 1. The molecule has 1 aliphatic heterocycles. The van der Waals surface area contributed by atoms with Gasteiger partial charge in [0.15, 0.2) is 11.6 Å². The number of rotatable bonds is 3. The van der Waals surface area contributed by atoms with Crippen molar-refractivity contribution in [1.29, 1.82) is 0 Å². The van der Waals surface area contributed by atoms with E-state index >= 15 is 0 Å². The fourth-order valence-corrected chi connectivity index (χ4v) is 2.44. The van der Waals surface area contributed by atoms with Gasteiger partial charge in [0.25, 0.3) is 0 Å². The number of benzene rings is 1. The number of aromatic nitrogens is 2. The maximum atomic E-state index is 5.45. The summed E-state index contributed by atoms with van der Waals surface area (Å²) in [5.41, 5.74) is 2.68. The van der Waals surface area contributed by atoms with E-state index in [1.165, 1.54) is 11.1 Å². The molecule has 98 valence electrons. The molecule has 0 amide bonds. The smallest absolute Gasteiger partial charge is 0.204 e. The van der Waals surface area contributed by atoms with Gasteiger partial charge in [0, 0.05) is 20.1 Å². The molecule has 0 atom stereocenters. The van der Waals surface area contributed by atoms with Crippen molar-refractivity contribution in [2.45, 2.75) is 13.1 Å². The van der Waals surface area contributed by atoms with E-state index < -0.39 is 0 Å². The minimum absolute atomic E-state index is 0.692. The van der Waals surface area contributed by atoms with Gasteiger partial charge in [-0.1, -0.05) is 24.3 Å².